The van der Waals surface area contributed by atoms with Crippen molar-refractivity contribution in [3.05, 3.63) is 24.3 Å². The van der Waals surface area contributed by atoms with Crippen LogP contribution in [-0.4, -0.2) is 30.5 Å². The van der Waals surface area contributed by atoms with Gasteiger partial charge < -0.3 is 15.4 Å². The van der Waals surface area contributed by atoms with Gasteiger partial charge in [0.05, 0.1) is 6.61 Å². The van der Waals surface area contributed by atoms with Crippen molar-refractivity contribution in [1.29, 1.82) is 0 Å². The normalized spacial score (nSPS) is 15.4. The van der Waals surface area contributed by atoms with Crippen molar-refractivity contribution in [3.63, 3.8) is 0 Å². The first-order valence-electron chi connectivity index (χ1n) is 7.52. The maximum atomic E-state index is 11.6. The number of hydrogen-bond donors (Lipinski definition) is 1. The van der Waals surface area contributed by atoms with Gasteiger partial charge in [-0.1, -0.05) is 0 Å². The van der Waals surface area contributed by atoms with E-state index in [4.69, 9.17) is 10.5 Å². The molecule has 2 rings (SSSR count). The Bertz CT molecular complexity index is 417. The van der Waals surface area contributed by atoms with Crippen LogP contribution in [-0.2, 0) is 4.79 Å². The largest absolute Gasteiger partial charge is 0.494 e. The molecule has 0 atom stereocenters. The lowest BCUT2D eigenvalue weighted by molar-refractivity contribution is -0.133. The predicted molar refractivity (Wildman–Crippen MR) is 80.6 cm³/mol. The van der Waals surface area contributed by atoms with E-state index < -0.39 is 0 Å². The Hall–Kier alpha value is -1.71. The quantitative estimate of drug-likeness (QED) is 0.615. The first kappa shape index (κ1) is 14.7. The second-order valence-electron chi connectivity index (χ2n) is 5.32. The van der Waals surface area contributed by atoms with Gasteiger partial charge in [0.25, 0.3) is 0 Å². The van der Waals surface area contributed by atoms with E-state index in [1.165, 1.54) is 0 Å². The monoisotopic (exact) mass is 276 g/mol. The highest BCUT2D eigenvalue weighted by atomic mass is 16.5. The van der Waals surface area contributed by atoms with Crippen LogP contribution in [0.2, 0.25) is 0 Å². The number of piperidine rings is 1. The summed E-state index contributed by atoms with van der Waals surface area (Å²) in [4.78, 5) is 13.6. The van der Waals surface area contributed by atoms with Gasteiger partial charge in [-0.25, -0.2) is 0 Å². The van der Waals surface area contributed by atoms with Crippen LogP contribution in [0.25, 0.3) is 0 Å². The minimum absolute atomic E-state index is 0.328. The van der Waals surface area contributed by atoms with E-state index in [-0.39, 0.29) is 0 Å². The van der Waals surface area contributed by atoms with Crippen molar-refractivity contribution in [3.8, 4) is 5.75 Å². The van der Waals surface area contributed by atoms with Crippen molar-refractivity contribution < 1.29 is 9.53 Å². The molecule has 2 N–H and O–H groups in total. The molecule has 1 aromatic rings. The number of carbonyl (C=O) groups excluding carboxylic acids is 1. The first-order chi connectivity index (χ1) is 9.75. The smallest absolute Gasteiger partial charge is 0.222 e. The van der Waals surface area contributed by atoms with Gasteiger partial charge in [-0.15, -0.1) is 0 Å². The molecule has 1 heterocycles. The Morgan fingerprint density at radius 2 is 1.90 bits per heavy atom. The number of rotatable bonds is 7. The Balaban J connectivity index is 1.53. The number of benzene rings is 1. The fourth-order valence-corrected chi connectivity index (χ4v) is 2.43. The number of hydrogen-bond acceptors (Lipinski definition) is 3. The lowest BCUT2D eigenvalue weighted by atomic mass is 10.1. The number of nitrogen functional groups attached to an aromatic ring is 1. The zero-order valence-corrected chi connectivity index (χ0v) is 12.0. The lowest BCUT2D eigenvalue weighted by Gasteiger charge is -2.26. The van der Waals surface area contributed by atoms with E-state index in [0.717, 1.165) is 69.7 Å². The van der Waals surface area contributed by atoms with Gasteiger partial charge in [0.15, 0.2) is 0 Å². The van der Waals surface area contributed by atoms with Crippen LogP contribution in [0.4, 0.5) is 5.69 Å². The van der Waals surface area contributed by atoms with E-state index in [1.54, 1.807) is 0 Å². The Kier molecular flexibility index (Phi) is 5.71. The average Bonchev–Trinajstić information content (AvgIpc) is 2.46. The van der Waals surface area contributed by atoms with Gasteiger partial charge in [-0.3, -0.25) is 4.79 Å². The summed E-state index contributed by atoms with van der Waals surface area (Å²) in [6.45, 7) is 2.57. The number of unbranched alkanes of at least 4 members (excludes halogenated alkanes) is 2. The highest BCUT2D eigenvalue weighted by molar-refractivity contribution is 5.76. The van der Waals surface area contributed by atoms with Crippen molar-refractivity contribution in [1.82, 2.24) is 4.90 Å². The molecule has 0 radical (unpaired) electrons. The summed E-state index contributed by atoms with van der Waals surface area (Å²) in [5, 5.41) is 0. The molecule has 1 aromatic carbocycles. The van der Waals surface area contributed by atoms with Gasteiger partial charge in [0.2, 0.25) is 5.91 Å². The molecule has 1 aliphatic rings. The van der Waals surface area contributed by atoms with Gasteiger partial charge in [-0.05, 0) is 56.4 Å². The van der Waals surface area contributed by atoms with Crippen molar-refractivity contribution >= 4 is 11.6 Å². The Labute approximate surface area is 120 Å². The van der Waals surface area contributed by atoms with Crippen LogP contribution in [0.1, 0.15) is 38.5 Å². The molecule has 0 unspecified atom stereocenters. The molecular weight excluding hydrogens is 252 g/mol. The van der Waals surface area contributed by atoms with Gasteiger partial charge in [-0.2, -0.15) is 0 Å². The molecule has 0 bridgehead atoms. The third kappa shape index (κ3) is 4.76. The van der Waals surface area contributed by atoms with Crippen LogP contribution < -0.4 is 10.5 Å². The zero-order valence-electron chi connectivity index (χ0n) is 12.0. The van der Waals surface area contributed by atoms with E-state index in [9.17, 15) is 4.79 Å². The molecule has 0 aliphatic carbocycles. The maximum absolute atomic E-state index is 11.6. The molecule has 110 valence electrons. The summed E-state index contributed by atoms with van der Waals surface area (Å²) in [7, 11) is 0. The maximum Gasteiger partial charge on any atom is 0.222 e. The van der Waals surface area contributed by atoms with E-state index in [2.05, 4.69) is 0 Å². The van der Waals surface area contributed by atoms with Crippen molar-refractivity contribution in [2.75, 3.05) is 25.4 Å². The van der Waals surface area contributed by atoms with Crippen LogP contribution in [0.15, 0.2) is 24.3 Å². The second kappa shape index (κ2) is 7.78. The predicted octanol–water partition coefficient (Wildman–Crippen LogP) is 2.83. The minimum Gasteiger partial charge on any atom is -0.494 e. The number of ether oxygens (including phenoxy) is 1. The number of nitrogens with two attached hydrogens (primary N) is 1. The summed E-state index contributed by atoms with van der Waals surface area (Å²) in [5.74, 6) is 1.19. The summed E-state index contributed by atoms with van der Waals surface area (Å²) in [5.41, 5.74) is 6.37. The summed E-state index contributed by atoms with van der Waals surface area (Å²) < 4.78 is 5.64. The molecule has 0 saturated carbocycles. The molecule has 20 heavy (non-hydrogen) atoms. The molecule has 4 heteroatoms. The van der Waals surface area contributed by atoms with Crippen LogP contribution in [0, 0.1) is 0 Å². The van der Waals surface area contributed by atoms with Crippen LogP contribution in [0.5, 0.6) is 5.75 Å². The molecular formula is C16H24N2O2. The molecule has 4 nitrogen and oxygen atoms in total. The lowest BCUT2D eigenvalue weighted by Crippen LogP contribution is -2.35. The molecule has 1 saturated heterocycles. The van der Waals surface area contributed by atoms with Crippen molar-refractivity contribution in [2.24, 2.45) is 0 Å². The fourth-order valence-electron chi connectivity index (χ4n) is 2.43. The molecule has 1 fully saturated rings. The number of likely N-dealkylation sites (tertiary alicyclic amines) is 1. The van der Waals surface area contributed by atoms with E-state index in [1.807, 2.05) is 29.2 Å². The second-order valence-corrected chi connectivity index (χ2v) is 5.32. The van der Waals surface area contributed by atoms with Crippen molar-refractivity contribution in [2.45, 2.75) is 38.5 Å². The zero-order chi connectivity index (χ0) is 14.2. The standard InChI is InChI=1S/C16H24N2O2/c17-14-7-9-15(10-8-14)20-13-5-1-3-11-18-12-4-2-6-16(18)19/h7-10H,1-6,11-13,17H2. The first-order valence-corrected chi connectivity index (χ1v) is 7.52. The highest BCUT2D eigenvalue weighted by Crippen LogP contribution is 2.14. The topological polar surface area (TPSA) is 55.6 Å². The van der Waals surface area contributed by atoms with E-state index >= 15 is 0 Å². The highest BCUT2D eigenvalue weighted by Gasteiger charge is 2.16. The molecule has 0 aromatic heterocycles. The number of carbonyl (C=O) groups is 1. The Morgan fingerprint density at radius 3 is 2.65 bits per heavy atom. The number of nitrogens with zero attached hydrogens (tertiary/aromatic N) is 1. The third-order valence-corrected chi connectivity index (χ3v) is 3.64. The van der Waals surface area contributed by atoms with Gasteiger partial charge in [0, 0.05) is 25.2 Å². The molecule has 1 aliphatic heterocycles. The summed E-state index contributed by atoms with van der Waals surface area (Å²) in [6.07, 6.45) is 6.14. The molecule has 1 amide bonds. The molecule has 0 spiro atoms. The number of anilines is 1. The summed E-state index contributed by atoms with van der Waals surface area (Å²) >= 11 is 0. The average molecular weight is 276 g/mol. The number of amides is 1. The van der Waals surface area contributed by atoms with Crippen LogP contribution >= 0.6 is 0 Å². The van der Waals surface area contributed by atoms with Gasteiger partial charge in [0.1, 0.15) is 5.75 Å². The SMILES string of the molecule is Nc1ccc(OCCCCCN2CCCCC2=O)cc1. The minimum atomic E-state index is 0.328. The summed E-state index contributed by atoms with van der Waals surface area (Å²) in [6, 6.07) is 7.47. The fraction of sp³-hybridized carbons (Fsp3) is 0.562. The third-order valence-electron chi connectivity index (χ3n) is 3.64. The Morgan fingerprint density at radius 1 is 1.10 bits per heavy atom. The van der Waals surface area contributed by atoms with Gasteiger partial charge >= 0.3 is 0 Å². The van der Waals surface area contributed by atoms with Crippen LogP contribution in [0.3, 0.4) is 0 Å². The van der Waals surface area contributed by atoms with E-state index in [0.29, 0.717) is 5.91 Å².